The van der Waals surface area contributed by atoms with Crippen molar-refractivity contribution in [2.45, 2.75) is 147 Å². The molecule has 1 unspecified atom stereocenters. The molecule has 0 aliphatic heterocycles. The molecule has 0 aliphatic carbocycles. The van der Waals surface area contributed by atoms with Crippen molar-refractivity contribution in [2.24, 2.45) is 0 Å². The van der Waals surface area contributed by atoms with E-state index in [1.807, 2.05) is 0 Å². The second kappa shape index (κ2) is 24.8. The van der Waals surface area contributed by atoms with Gasteiger partial charge in [-0.15, -0.1) is 0 Å². The molecule has 0 aromatic rings. The van der Waals surface area contributed by atoms with Gasteiger partial charge in [-0.05, 0) is 65.5 Å². The van der Waals surface area contributed by atoms with Gasteiger partial charge in [0, 0.05) is 18.9 Å². The Hall–Kier alpha value is -1.36. The van der Waals surface area contributed by atoms with Gasteiger partial charge in [-0.3, -0.25) is 9.59 Å². The van der Waals surface area contributed by atoms with Crippen LogP contribution in [0.2, 0.25) is 0 Å². The molecule has 34 heavy (non-hydrogen) atoms. The molecule has 5 heteroatoms. The molecule has 5 nitrogen and oxygen atoms in total. The first kappa shape index (κ1) is 32.6. The standard InChI is InChI=1S/C29H55NO4/c1-30(2)27(24-20-16-14-18-22-26-29(33)34)23-19-15-12-10-8-6-4-3-5-7-9-11-13-17-21-25-28(31)32/h3,5,27H,4,6-26H2,1-2H3,(H,31,32)(H,33,34)/b5-3-. The Morgan fingerprint density at radius 3 is 1.24 bits per heavy atom. The first-order chi connectivity index (χ1) is 16.4. The number of carboxylic acid groups (broad SMARTS) is 2. The second-order valence-electron chi connectivity index (χ2n) is 10.2. The first-order valence-electron chi connectivity index (χ1n) is 14.2. The van der Waals surface area contributed by atoms with E-state index in [1.54, 1.807) is 0 Å². The number of unbranched alkanes of at least 4 members (excludes halogenated alkanes) is 15. The lowest BCUT2D eigenvalue weighted by Crippen LogP contribution is -2.27. The molecule has 0 rings (SSSR count). The maximum atomic E-state index is 10.5. The van der Waals surface area contributed by atoms with Gasteiger partial charge >= 0.3 is 11.9 Å². The van der Waals surface area contributed by atoms with E-state index < -0.39 is 11.9 Å². The molecule has 200 valence electrons. The zero-order chi connectivity index (χ0) is 25.3. The van der Waals surface area contributed by atoms with Gasteiger partial charge in [0.2, 0.25) is 0 Å². The summed E-state index contributed by atoms with van der Waals surface area (Å²) in [4.78, 5) is 23.4. The Morgan fingerprint density at radius 2 is 0.882 bits per heavy atom. The summed E-state index contributed by atoms with van der Waals surface area (Å²) in [5, 5.41) is 17.3. The molecule has 2 N–H and O–H groups in total. The molecular weight excluding hydrogens is 426 g/mol. The largest absolute Gasteiger partial charge is 0.481 e. The van der Waals surface area contributed by atoms with Gasteiger partial charge < -0.3 is 15.1 Å². The number of hydrogen-bond acceptors (Lipinski definition) is 3. The number of hydrogen-bond donors (Lipinski definition) is 2. The van der Waals surface area contributed by atoms with Crippen LogP contribution in [0.15, 0.2) is 12.2 Å². The van der Waals surface area contributed by atoms with Gasteiger partial charge in [-0.2, -0.15) is 0 Å². The average molecular weight is 482 g/mol. The lowest BCUT2D eigenvalue weighted by molar-refractivity contribution is -0.138. The van der Waals surface area contributed by atoms with Gasteiger partial charge in [0.25, 0.3) is 0 Å². The summed E-state index contributed by atoms with van der Waals surface area (Å²) >= 11 is 0. The van der Waals surface area contributed by atoms with Gasteiger partial charge in [0.1, 0.15) is 0 Å². The third-order valence-corrected chi connectivity index (χ3v) is 6.74. The molecule has 0 radical (unpaired) electrons. The molecule has 0 heterocycles. The Morgan fingerprint density at radius 1 is 0.559 bits per heavy atom. The van der Waals surface area contributed by atoms with E-state index in [1.165, 1.54) is 89.9 Å². The van der Waals surface area contributed by atoms with Gasteiger partial charge in [-0.25, -0.2) is 0 Å². The number of aliphatic carboxylic acids is 2. The smallest absolute Gasteiger partial charge is 0.303 e. The summed E-state index contributed by atoms with van der Waals surface area (Å²) in [5.41, 5.74) is 0. The highest BCUT2D eigenvalue weighted by atomic mass is 16.4. The van der Waals surface area contributed by atoms with E-state index in [0.29, 0.717) is 18.9 Å². The minimum absolute atomic E-state index is 0.316. The highest BCUT2D eigenvalue weighted by Crippen LogP contribution is 2.17. The molecule has 0 spiro atoms. The fourth-order valence-electron chi connectivity index (χ4n) is 4.50. The van der Waals surface area contributed by atoms with Crippen molar-refractivity contribution in [2.75, 3.05) is 14.1 Å². The molecule has 0 bridgehead atoms. The summed E-state index contributed by atoms with van der Waals surface area (Å²) < 4.78 is 0. The molecule has 0 fully saturated rings. The Balaban J connectivity index is 3.45. The van der Waals surface area contributed by atoms with Crippen LogP contribution in [0.25, 0.3) is 0 Å². The molecular formula is C29H55NO4. The summed E-state index contributed by atoms with van der Waals surface area (Å²) in [6.07, 6.45) is 29.3. The fraction of sp³-hybridized carbons (Fsp3) is 0.862. The topological polar surface area (TPSA) is 77.8 Å². The van der Waals surface area contributed by atoms with Gasteiger partial charge in [-0.1, -0.05) is 89.2 Å². The van der Waals surface area contributed by atoms with E-state index in [-0.39, 0.29) is 0 Å². The molecule has 0 saturated carbocycles. The normalized spacial score (nSPS) is 12.6. The average Bonchev–Trinajstić information content (AvgIpc) is 2.78. The third-order valence-electron chi connectivity index (χ3n) is 6.74. The second-order valence-corrected chi connectivity index (χ2v) is 10.2. The molecule has 1 atom stereocenters. The van der Waals surface area contributed by atoms with Crippen molar-refractivity contribution in [3.63, 3.8) is 0 Å². The SMILES string of the molecule is CN(C)C(CCCCCCCC/C=C\CCCCCCCC(=O)O)CCCCCCCC(=O)O. The van der Waals surface area contributed by atoms with Crippen LogP contribution < -0.4 is 0 Å². The van der Waals surface area contributed by atoms with Crippen LogP contribution in [-0.4, -0.2) is 47.2 Å². The molecule has 0 aromatic carbocycles. The van der Waals surface area contributed by atoms with Gasteiger partial charge in [0.05, 0.1) is 0 Å². The summed E-state index contributed by atoms with van der Waals surface area (Å²) in [6.45, 7) is 0. The predicted molar refractivity (Wildman–Crippen MR) is 143 cm³/mol. The number of allylic oxidation sites excluding steroid dienone is 2. The summed E-state index contributed by atoms with van der Waals surface area (Å²) in [7, 11) is 4.40. The van der Waals surface area contributed by atoms with E-state index >= 15 is 0 Å². The van der Waals surface area contributed by atoms with E-state index in [2.05, 4.69) is 31.1 Å². The number of rotatable bonds is 26. The zero-order valence-electron chi connectivity index (χ0n) is 22.4. The van der Waals surface area contributed by atoms with Crippen LogP contribution in [0.5, 0.6) is 0 Å². The van der Waals surface area contributed by atoms with E-state index in [4.69, 9.17) is 10.2 Å². The highest BCUT2D eigenvalue weighted by Gasteiger charge is 2.10. The van der Waals surface area contributed by atoms with Crippen LogP contribution >= 0.6 is 0 Å². The van der Waals surface area contributed by atoms with Crippen molar-refractivity contribution in [3.8, 4) is 0 Å². The van der Waals surface area contributed by atoms with Crippen LogP contribution in [-0.2, 0) is 9.59 Å². The lowest BCUT2D eigenvalue weighted by atomic mass is 9.99. The Labute approximate surface area is 210 Å². The van der Waals surface area contributed by atoms with E-state index in [0.717, 1.165) is 38.5 Å². The molecule has 0 saturated heterocycles. The minimum Gasteiger partial charge on any atom is -0.481 e. The van der Waals surface area contributed by atoms with Crippen LogP contribution in [0.3, 0.4) is 0 Å². The van der Waals surface area contributed by atoms with Crippen LogP contribution in [0.1, 0.15) is 141 Å². The predicted octanol–water partition coefficient (Wildman–Crippen LogP) is 8.22. The minimum atomic E-state index is -0.674. The maximum absolute atomic E-state index is 10.5. The van der Waals surface area contributed by atoms with Crippen molar-refractivity contribution >= 4 is 11.9 Å². The quantitative estimate of drug-likeness (QED) is 0.0961. The number of carboxylic acids is 2. The van der Waals surface area contributed by atoms with Crippen LogP contribution in [0.4, 0.5) is 0 Å². The van der Waals surface area contributed by atoms with Crippen LogP contribution in [0, 0.1) is 0 Å². The number of nitrogens with zero attached hydrogens (tertiary/aromatic N) is 1. The zero-order valence-corrected chi connectivity index (χ0v) is 22.4. The summed E-state index contributed by atoms with van der Waals surface area (Å²) in [6, 6.07) is 0.689. The molecule has 0 aliphatic rings. The van der Waals surface area contributed by atoms with E-state index in [9.17, 15) is 9.59 Å². The number of carbonyl (C=O) groups is 2. The monoisotopic (exact) mass is 481 g/mol. The Kier molecular flexibility index (Phi) is 23.8. The fourth-order valence-corrected chi connectivity index (χ4v) is 4.50. The molecule has 0 aromatic heterocycles. The molecule has 0 amide bonds. The van der Waals surface area contributed by atoms with Gasteiger partial charge in [0.15, 0.2) is 0 Å². The summed E-state index contributed by atoms with van der Waals surface area (Å²) in [5.74, 6) is -1.35. The highest BCUT2D eigenvalue weighted by molar-refractivity contribution is 5.66. The lowest BCUT2D eigenvalue weighted by Gasteiger charge is -2.24. The third kappa shape index (κ3) is 25.3. The Bertz CT molecular complexity index is 504. The van der Waals surface area contributed by atoms with Crippen molar-refractivity contribution in [3.05, 3.63) is 12.2 Å². The van der Waals surface area contributed by atoms with Crippen molar-refractivity contribution < 1.29 is 19.8 Å². The van der Waals surface area contributed by atoms with Crippen molar-refractivity contribution in [1.29, 1.82) is 0 Å². The maximum Gasteiger partial charge on any atom is 0.303 e. The van der Waals surface area contributed by atoms with Crippen molar-refractivity contribution in [1.82, 2.24) is 4.90 Å². The first-order valence-corrected chi connectivity index (χ1v) is 14.2.